The summed E-state index contributed by atoms with van der Waals surface area (Å²) in [5.41, 5.74) is 4.57. The highest BCUT2D eigenvalue weighted by molar-refractivity contribution is 7.12. The van der Waals surface area contributed by atoms with Crippen molar-refractivity contribution >= 4 is 22.7 Å². The first-order valence-electron chi connectivity index (χ1n) is 15.1. The van der Waals surface area contributed by atoms with Gasteiger partial charge in [-0.3, -0.25) is 9.89 Å². The van der Waals surface area contributed by atoms with Crippen LogP contribution in [0.25, 0.3) is 16.4 Å². The fraction of sp³-hybridized carbons (Fsp3) is 0.455. The van der Waals surface area contributed by atoms with Gasteiger partial charge in [0.1, 0.15) is 11.4 Å². The molecule has 4 aromatic rings. The number of H-pyrrole nitrogens is 1. The van der Waals surface area contributed by atoms with E-state index in [1.54, 1.807) is 0 Å². The molecule has 1 N–H and O–H groups in total. The van der Waals surface area contributed by atoms with E-state index < -0.39 is 0 Å². The summed E-state index contributed by atoms with van der Waals surface area (Å²) < 4.78 is 7.07. The van der Waals surface area contributed by atoms with Crippen LogP contribution in [-0.4, -0.2) is 21.4 Å². The van der Waals surface area contributed by atoms with Gasteiger partial charge in [0.2, 0.25) is 5.13 Å². The molecule has 0 saturated heterocycles. The first kappa shape index (κ1) is 27.6. The largest absolute Gasteiger partial charge is 0.492 e. The molecule has 8 heteroatoms. The standard InChI is InChI=1S/C33H39N5O2S/c1-3-40-30-12-8-7-11-28(30)35-36-31-22(2)37-38(32(31)39)33-34-29(21-41-33)27-19-17-26(18-20-27)25-15-13-24(14-16-25)23-9-5-4-6-10-23/h7-8,11-12,17-21,23-25,37H,3-6,9-10,13-16H2,1-2H3. The highest BCUT2D eigenvalue weighted by Crippen LogP contribution is 2.43. The molecule has 0 atom stereocenters. The van der Waals surface area contributed by atoms with E-state index in [-0.39, 0.29) is 11.2 Å². The Morgan fingerprint density at radius 1 is 0.951 bits per heavy atom. The second-order valence-corrected chi connectivity index (χ2v) is 12.3. The molecule has 2 heterocycles. The van der Waals surface area contributed by atoms with E-state index in [4.69, 9.17) is 9.72 Å². The van der Waals surface area contributed by atoms with Gasteiger partial charge in [-0.2, -0.15) is 4.68 Å². The van der Waals surface area contributed by atoms with E-state index in [0.29, 0.717) is 34.8 Å². The van der Waals surface area contributed by atoms with Crippen molar-refractivity contribution in [3.05, 3.63) is 75.5 Å². The number of nitrogens with zero attached hydrogens (tertiary/aromatic N) is 4. The Balaban J connectivity index is 1.13. The molecular weight excluding hydrogens is 530 g/mol. The number of ether oxygens (including phenoxy) is 1. The minimum atomic E-state index is -0.278. The van der Waals surface area contributed by atoms with E-state index in [0.717, 1.165) is 23.1 Å². The van der Waals surface area contributed by atoms with Crippen LogP contribution in [0.1, 0.15) is 81.9 Å². The van der Waals surface area contributed by atoms with Crippen LogP contribution in [0.5, 0.6) is 5.75 Å². The summed E-state index contributed by atoms with van der Waals surface area (Å²) in [6, 6.07) is 16.3. The van der Waals surface area contributed by atoms with Gasteiger partial charge < -0.3 is 4.74 Å². The average Bonchev–Trinajstić information content (AvgIpc) is 3.62. The second-order valence-electron chi connectivity index (χ2n) is 11.5. The van der Waals surface area contributed by atoms with E-state index in [2.05, 4.69) is 39.6 Å². The molecule has 0 amide bonds. The normalized spacial score (nSPS) is 20.0. The molecule has 2 aromatic heterocycles. The summed E-state index contributed by atoms with van der Waals surface area (Å²) in [6.07, 6.45) is 12.6. The molecule has 41 heavy (non-hydrogen) atoms. The van der Waals surface area contributed by atoms with E-state index in [9.17, 15) is 4.79 Å². The number of thiazole rings is 1. The number of aromatic nitrogens is 3. The SMILES string of the molecule is CCOc1ccccc1N=Nc1c(C)[nH]n(-c2nc(-c3ccc(C4CCC(C5CCCCC5)CC4)cc3)cs2)c1=O. The topological polar surface area (TPSA) is 84.6 Å². The molecule has 2 aromatic carbocycles. The van der Waals surface area contributed by atoms with Gasteiger partial charge in [-0.15, -0.1) is 21.6 Å². The molecule has 2 aliphatic rings. The van der Waals surface area contributed by atoms with Crippen LogP contribution in [0.4, 0.5) is 11.4 Å². The van der Waals surface area contributed by atoms with Gasteiger partial charge in [0.05, 0.1) is 18.0 Å². The van der Waals surface area contributed by atoms with Gasteiger partial charge in [-0.25, -0.2) is 4.98 Å². The highest BCUT2D eigenvalue weighted by Gasteiger charge is 2.29. The van der Waals surface area contributed by atoms with Crippen molar-refractivity contribution in [2.24, 2.45) is 22.1 Å². The number of nitrogens with one attached hydrogen (secondary N) is 1. The molecule has 2 aliphatic carbocycles. The molecule has 7 nitrogen and oxygen atoms in total. The Bertz CT molecular complexity index is 1540. The predicted octanol–water partition coefficient (Wildman–Crippen LogP) is 9.27. The third-order valence-electron chi connectivity index (χ3n) is 8.91. The Labute approximate surface area is 245 Å². The van der Waals surface area contributed by atoms with Crippen LogP contribution in [-0.2, 0) is 0 Å². The van der Waals surface area contributed by atoms with Crippen molar-refractivity contribution in [2.75, 3.05) is 6.61 Å². The van der Waals surface area contributed by atoms with Gasteiger partial charge in [-0.1, -0.05) is 68.5 Å². The summed E-state index contributed by atoms with van der Waals surface area (Å²) in [7, 11) is 0. The molecule has 2 saturated carbocycles. The molecule has 0 bridgehead atoms. The smallest absolute Gasteiger partial charge is 0.301 e. The van der Waals surface area contributed by atoms with Gasteiger partial charge >= 0.3 is 5.56 Å². The quantitative estimate of drug-likeness (QED) is 0.215. The van der Waals surface area contributed by atoms with Crippen molar-refractivity contribution in [1.82, 2.24) is 14.8 Å². The fourth-order valence-electron chi connectivity index (χ4n) is 6.67. The molecule has 0 unspecified atom stereocenters. The average molecular weight is 570 g/mol. The first-order valence-corrected chi connectivity index (χ1v) is 16.0. The highest BCUT2D eigenvalue weighted by atomic mass is 32.1. The number of azo groups is 1. The Morgan fingerprint density at radius 3 is 2.44 bits per heavy atom. The minimum Gasteiger partial charge on any atom is -0.492 e. The van der Waals surface area contributed by atoms with Gasteiger partial charge in [0.25, 0.3) is 0 Å². The summed E-state index contributed by atoms with van der Waals surface area (Å²) in [5, 5.41) is 14.3. The van der Waals surface area contributed by atoms with Gasteiger partial charge in [-0.05, 0) is 75.0 Å². The van der Waals surface area contributed by atoms with Crippen LogP contribution in [0.15, 0.2) is 68.9 Å². The molecule has 0 aliphatic heterocycles. The maximum Gasteiger partial charge on any atom is 0.301 e. The second kappa shape index (κ2) is 12.6. The van der Waals surface area contributed by atoms with E-state index in [1.165, 1.54) is 79.4 Å². The van der Waals surface area contributed by atoms with E-state index in [1.807, 2.05) is 43.5 Å². The van der Waals surface area contributed by atoms with Crippen molar-refractivity contribution in [2.45, 2.75) is 77.6 Å². The third kappa shape index (κ3) is 6.08. The lowest BCUT2D eigenvalue weighted by Crippen LogP contribution is -2.23. The predicted molar refractivity (Wildman–Crippen MR) is 165 cm³/mol. The van der Waals surface area contributed by atoms with Crippen molar-refractivity contribution in [3.63, 3.8) is 0 Å². The molecule has 2 fully saturated rings. The molecule has 6 rings (SSSR count). The van der Waals surface area contributed by atoms with Crippen molar-refractivity contribution in [1.29, 1.82) is 0 Å². The molecule has 0 radical (unpaired) electrons. The number of aromatic amines is 1. The van der Waals surface area contributed by atoms with Gasteiger partial charge in [0.15, 0.2) is 5.69 Å². The maximum absolute atomic E-state index is 13.2. The van der Waals surface area contributed by atoms with Crippen molar-refractivity contribution in [3.8, 4) is 22.1 Å². The number of benzene rings is 2. The third-order valence-corrected chi connectivity index (χ3v) is 9.74. The Kier molecular flexibility index (Phi) is 8.46. The van der Waals surface area contributed by atoms with E-state index >= 15 is 0 Å². The Morgan fingerprint density at radius 2 is 1.68 bits per heavy atom. The first-order chi connectivity index (χ1) is 20.1. The summed E-state index contributed by atoms with van der Waals surface area (Å²) in [4.78, 5) is 18.0. The number of aryl methyl sites for hydroxylation is 1. The number of para-hydroxylation sites is 1. The monoisotopic (exact) mass is 569 g/mol. The lowest BCUT2D eigenvalue weighted by molar-refractivity contribution is 0.186. The lowest BCUT2D eigenvalue weighted by atomic mass is 9.70. The maximum atomic E-state index is 13.2. The van der Waals surface area contributed by atoms with Crippen LogP contribution < -0.4 is 10.3 Å². The summed E-state index contributed by atoms with van der Waals surface area (Å²) >= 11 is 1.43. The summed E-state index contributed by atoms with van der Waals surface area (Å²) in [5.74, 6) is 3.24. The number of rotatable bonds is 8. The molecular formula is C33H39N5O2S. The summed E-state index contributed by atoms with van der Waals surface area (Å²) in [6.45, 7) is 4.26. The molecule has 0 spiro atoms. The van der Waals surface area contributed by atoms with Crippen LogP contribution in [0.3, 0.4) is 0 Å². The fourth-order valence-corrected chi connectivity index (χ4v) is 7.46. The number of hydrogen-bond acceptors (Lipinski definition) is 6. The zero-order valence-electron chi connectivity index (χ0n) is 24.0. The lowest BCUT2D eigenvalue weighted by Gasteiger charge is -2.36. The van der Waals surface area contributed by atoms with Crippen LogP contribution >= 0.6 is 11.3 Å². The number of hydrogen-bond donors (Lipinski definition) is 1. The van der Waals surface area contributed by atoms with Crippen LogP contribution in [0.2, 0.25) is 0 Å². The molecule has 214 valence electrons. The zero-order valence-corrected chi connectivity index (χ0v) is 24.8. The zero-order chi connectivity index (χ0) is 28.2. The minimum absolute atomic E-state index is 0.260. The Hall–Kier alpha value is -3.52. The van der Waals surface area contributed by atoms with Crippen molar-refractivity contribution < 1.29 is 4.74 Å². The van der Waals surface area contributed by atoms with Gasteiger partial charge in [0, 0.05) is 10.9 Å². The van der Waals surface area contributed by atoms with Crippen LogP contribution in [0, 0.1) is 18.8 Å².